The molecule has 0 N–H and O–H groups in total. The number of hydrogen-bond donors (Lipinski definition) is 0. The lowest BCUT2D eigenvalue weighted by Crippen LogP contribution is -2.00. The van der Waals surface area contributed by atoms with Gasteiger partial charge in [-0.05, 0) is 11.6 Å². The fourth-order valence-electron chi connectivity index (χ4n) is 1.73. The van der Waals surface area contributed by atoms with Crippen LogP contribution in [0.15, 0.2) is 54.6 Å². The molecule has 1 nitrogen and oxygen atoms in total. The number of ketones is 1. The molecular formula is C16H15ClOS. The first-order chi connectivity index (χ1) is 9.27. The van der Waals surface area contributed by atoms with Crippen LogP contribution >= 0.6 is 23.4 Å². The minimum atomic E-state index is 0.201. The van der Waals surface area contributed by atoms with Crippen molar-refractivity contribution in [2.24, 2.45) is 0 Å². The van der Waals surface area contributed by atoms with E-state index in [4.69, 9.17) is 11.6 Å². The van der Waals surface area contributed by atoms with Crippen LogP contribution < -0.4 is 0 Å². The van der Waals surface area contributed by atoms with E-state index in [1.165, 1.54) is 0 Å². The molecule has 0 unspecified atom stereocenters. The first-order valence-corrected chi connectivity index (χ1v) is 7.70. The van der Waals surface area contributed by atoms with Crippen molar-refractivity contribution in [3.8, 4) is 0 Å². The van der Waals surface area contributed by atoms with Crippen molar-refractivity contribution < 1.29 is 4.79 Å². The SMILES string of the molecule is O=C(CCSCc1ccccc1Cl)c1ccccc1. The average molecular weight is 291 g/mol. The molecule has 0 bridgehead atoms. The van der Waals surface area contributed by atoms with Gasteiger partial charge in [0.2, 0.25) is 0 Å². The van der Waals surface area contributed by atoms with Gasteiger partial charge in [0.1, 0.15) is 0 Å². The smallest absolute Gasteiger partial charge is 0.163 e. The van der Waals surface area contributed by atoms with E-state index in [2.05, 4.69) is 0 Å². The fourth-order valence-corrected chi connectivity index (χ4v) is 2.96. The van der Waals surface area contributed by atoms with Gasteiger partial charge in [-0.2, -0.15) is 11.8 Å². The summed E-state index contributed by atoms with van der Waals surface area (Å²) in [6, 6.07) is 17.3. The first-order valence-electron chi connectivity index (χ1n) is 6.17. The number of rotatable bonds is 6. The number of Topliss-reactive ketones (excluding diaryl/α,β-unsaturated/α-hetero) is 1. The molecule has 2 rings (SSSR count). The van der Waals surface area contributed by atoms with Gasteiger partial charge >= 0.3 is 0 Å². The van der Waals surface area contributed by atoms with E-state index in [0.29, 0.717) is 6.42 Å². The summed E-state index contributed by atoms with van der Waals surface area (Å²) in [6.45, 7) is 0. The number of hydrogen-bond acceptors (Lipinski definition) is 2. The Kier molecular flexibility index (Phi) is 5.49. The van der Waals surface area contributed by atoms with Crippen LogP contribution in [0.1, 0.15) is 22.3 Å². The van der Waals surface area contributed by atoms with Crippen LogP contribution in [0.4, 0.5) is 0 Å². The summed E-state index contributed by atoms with van der Waals surface area (Å²) in [6.07, 6.45) is 0.569. The van der Waals surface area contributed by atoms with Gasteiger partial charge in [-0.3, -0.25) is 4.79 Å². The Morgan fingerprint density at radius 3 is 2.42 bits per heavy atom. The third-order valence-electron chi connectivity index (χ3n) is 2.78. The van der Waals surface area contributed by atoms with E-state index in [-0.39, 0.29) is 5.78 Å². The van der Waals surface area contributed by atoms with Crippen LogP contribution in [-0.2, 0) is 5.75 Å². The third kappa shape index (κ3) is 4.41. The van der Waals surface area contributed by atoms with Crippen molar-refractivity contribution in [3.63, 3.8) is 0 Å². The van der Waals surface area contributed by atoms with Crippen molar-refractivity contribution >= 4 is 29.1 Å². The van der Waals surface area contributed by atoms with Gasteiger partial charge in [-0.1, -0.05) is 60.1 Å². The molecule has 2 aromatic rings. The molecule has 0 heterocycles. The molecule has 0 saturated carbocycles. The van der Waals surface area contributed by atoms with E-state index < -0.39 is 0 Å². The Hall–Kier alpha value is -1.25. The number of carbonyl (C=O) groups is 1. The topological polar surface area (TPSA) is 17.1 Å². The largest absolute Gasteiger partial charge is 0.294 e. The van der Waals surface area contributed by atoms with Gasteiger partial charge in [0, 0.05) is 28.5 Å². The Morgan fingerprint density at radius 1 is 1.00 bits per heavy atom. The summed E-state index contributed by atoms with van der Waals surface area (Å²) in [5.41, 5.74) is 1.92. The molecule has 19 heavy (non-hydrogen) atoms. The van der Waals surface area contributed by atoms with Gasteiger partial charge in [0.05, 0.1) is 0 Å². The minimum Gasteiger partial charge on any atom is -0.294 e. The first kappa shape index (κ1) is 14.2. The Labute approximate surface area is 123 Å². The van der Waals surface area contributed by atoms with Crippen LogP contribution in [0.5, 0.6) is 0 Å². The monoisotopic (exact) mass is 290 g/mol. The number of thioether (sulfide) groups is 1. The molecule has 0 aromatic heterocycles. The van der Waals surface area contributed by atoms with Gasteiger partial charge in [-0.25, -0.2) is 0 Å². The van der Waals surface area contributed by atoms with Gasteiger partial charge in [0.25, 0.3) is 0 Å². The van der Waals surface area contributed by atoms with Crippen LogP contribution in [0.2, 0.25) is 5.02 Å². The van der Waals surface area contributed by atoms with Crippen molar-refractivity contribution in [2.75, 3.05) is 5.75 Å². The fraction of sp³-hybridized carbons (Fsp3) is 0.188. The minimum absolute atomic E-state index is 0.201. The molecule has 98 valence electrons. The highest BCUT2D eigenvalue weighted by Crippen LogP contribution is 2.21. The summed E-state index contributed by atoms with van der Waals surface area (Å²) in [4.78, 5) is 11.9. The summed E-state index contributed by atoms with van der Waals surface area (Å²) >= 11 is 7.82. The van der Waals surface area contributed by atoms with Crippen LogP contribution in [0.25, 0.3) is 0 Å². The summed E-state index contributed by atoms with van der Waals surface area (Å²) < 4.78 is 0. The summed E-state index contributed by atoms with van der Waals surface area (Å²) in [5, 5.41) is 0.796. The molecule has 0 atom stereocenters. The maximum Gasteiger partial charge on any atom is 0.163 e. The van der Waals surface area contributed by atoms with Gasteiger partial charge in [-0.15, -0.1) is 0 Å². The van der Waals surface area contributed by atoms with E-state index in [1.807, 2.05) is 54.6 Å². The van der Waals surface area contributed by atoms with Crippen LogP contribution in [-0.4, -0.2) is 11.5 Å². The number of carbonyl (C=O) groups excluding carboxylic acids is 1. The number of benzene rings is 2. The number of halogens is 1. The molecular weight excluding hydrogens is 276 g/mol. The van der Waals surface area contributed by atoms with Crippen LogP contribution in [0, 0.1) is 0 Å². The molecule has 0 fully saturated rings. The van der Waals surface area contributed by atoms with Gasteiger partial charge in [0.15, 0.2) is 5.78 Å². The molecule has 0 aliphatic rings. The standard InChI is InChI=1S/C16H15ClOS/c17-15-9-5-4-8-14(15)12-19-11-10-16(18)13-6-2-1-3-7-13/h1-9H,10-12H2. The molecule has 0 aliphatic carbocycles. The molecule has 2 aromatic carbocycles. The van der Waals surface area contributed by atoms with Crippen molar-refractivity contribution in [2.45, 2.75) is 12.2 Å². The van der Waals surface area contributed by atoms with E-state index in [0.717, 1.165) is 27.7 Å². The predicted molar refractivity (Wildman–Crippen MR) is 83.0 cm³/mol. The quantitative estimate of drug-likeness (QED) is 0.559. The zero-order chi connectivity index (χ0) is 13.5. The molecule has 0 radical (unpaired) electrons. The highest BCUT2D eigenvalue weighted by atomic mass is 35.5. The molecule has 0 amide bonds. The highest BCUT2D eigenvalue weighted by molar-refractivity contribution is 7.98. The van der Waals surface area contributed by atoms with E-state index in [1.54, 1.807) is 11.8 Å². The Balaban J connectivity index is 1.76. The average Bonchev–Trinajstić information content (AvgIpc) is 2.46. The second-order valence-electron chi connectivity index (χ2n) is 4.18. The predicted octanol–water partition coefficient (Wildman–Crippen LogP) is 4.85. The molecule has 0 spiro atoms. The molecule has 0 saturated heterocycles. The van der Waals surface area contributed by atoms with Crippen molar-refractivity contribution in [1.29, 1.82) is 0 Å². The zero-order valence-electron chi connectivity index (χ0n) is 10.5. The second-order valence-corrected chi connectivity index (χ2v) is 5.70. The lowest BCUT2D eigenvalue weighted by Gasteiger charge is -2.04. The molecule has 3 heteroatoms. The van der Waals surface area contributed by atoms with Crippen molar-refractivity contribution in [1.82, 2.24) is 0 Å². The van der Waals surface area contributed by atoms with E-state index in [9.17, 15) is 4.79 Å². The maximum atomic E-state index is 11.9. The van der Waals surface area contributed by atoms with Gasteiger partial charge < -0.3 is 0 Å². The summed E-state index contributed by atoms with van der Waals surface area (Å²) in [7, 11) is 0. The third-order valence-corrected chi connectivity index (χ3v) is 4.16. The highest BCUT2D eigenvalue weighted by Gasteiger charge is 2.05. The Bertz CT molecular complexity index is 539. The second kappa shape index (κ2) is 7.37. The lowest BCUT2D eigenvalue weighted by atomic mass is 10.1. The summed E-state index contributed by atoms with van der Waals surface area (Å²) in [5.74, 6) is 1.87. The van der Waals surface area contributed by atoms with Crippen molar-refractivity contribution in [3.05, 3.63) is 70.7 Å². The lowest BCUT2D eigenvalue weighted by molar-refractivity contribution is 0.0989. The van der Waals surface area contributed by atoms with Crippen LogP contribution in [0.3, 0.4) is 0 Å². The van der Waals surface area contributed by atoms with E-state index >= 15 is 0 Å². The molecule has 0 aliphatic heterocycles. The Morgan fingerprint density at radius 2 is 1.68 bits per heavy atom. The maximum absolute atomic E-state index is 11.9. The normalized spacial score (nSPS) is 10.4. The zero-order valence-corrected chi connectivity index (χ0v) is 12.1.